The minimum absolute atomic E-state index is 0.0326. The van der Waals surface area contributed by atoms with Crippen LogP contribution < -0.4 is 15.2 Å². The highest BCUT2D eigenvalue weighted by Gasteiger charge is 2.35. The maximum absolute atomic E-state index is 6.07. The Labute approximate surface area is 128 Å². The summed E-state index contributed by atoms with van der Waals surface area (Å²) in [5.74, 6) is 2.14. The fourth-order valence-electron chi connectivity index (χ4n) is 3.05. The molecule has 1 atom stereocenters. The van der Waals surface area contributed by atoms with E-state index in [1.165, 1.54) is 11.1 Å². The van der Waals surface area contributed by atoms with E-state index >= 15 is 0 Å². The van der Waals surface area contributed by atoms with Crippen molar-refractivity contribution < 1.29 is 9.47 Å². The van der Waals surface area contributed by atoms with Crippen LogP contribution in [0.1, 0.15) is 31.9 Å². The smallest absolute Gasteiger partial charge is 0.161 e. The third-order valence-corrected chi connectivity index (χ3v) is 5.10. The van der Waals surface area contributed by atoms with Gasteiger partial charge in [-0.15, -0.1) is 0 Å². The number of fused-ring (bicyclic) bond motifs is 1. The molecular formula is C17H28N2O2. The molecule has 0 saturated carbocycles. The van der Waals surface area contributed by atoms with Gasteiger partial charge in [0.05, 0.1) is 14.2 Å². The lowest BCUT2D eigenvalue weighted by Crippen LogP contribution is -2.56. The van der Waals surface area contributed by atoms with Crippen molar-refractivity contribution >= 4 is 0 Å². The van der Waals surface area contributed by atoms with E-state index in [0.29, 0.717) is 12.5 Å². The zero-order valence-corrected chi connectivity index (χ0v) is 13.9. The number of hydrogen-bond acceptors (Lipinski definition) is 4. The van der Waals surface area contributed by atoms with Gasteiger partial charge in [0.15, 0.2) is 11.5 Å². The predicted octanol–water partition coefficient (Wildman–Crippen LogP) is 2.44. The van der Waals surface area contributed by atoms with Crippen LogP contribution in [0.25, 0.3) is 0 Å². The fraction of sp³-hybridized carbons (Fsp3) is 0.647. The van der Waals surface area contributed by atoms with Crippen LogP contribution in [0.4, 0.5) is 0 Å². The Kier molecular flexibility index (Phi) is 4.79. The monoisotopic (exact) mass is 292 g/mol. The Balaban J connectivity index is 2.32. The Bertz CT molecular complexity index is 502. The molecule has 1 heterocycles. The molecule has 0 fully saturated rings. The third kappa shape index (κ3) is 2.87. The van der Waals surface area contributed by atoms with Gasteiger partial charge >= 0.3 is 0 Å². The van der Waals surface area contributed by atoms with Gasteiger partial charge in [-0.05, 0) is 42.5 Å². The third-order valence-electron chi connectivity index (χ3n) is 5.10. The number of nitrogens with zero attached hydrogens (tertiary/aromatic N) is 1. The molecule has 0 aliphatic carbocycles. The van der Waals surface area contributed by atoms with Crippen LogP contribution in [0.2, 0.25) is 0 Å². The van der Waals surface area contributed by atoms with E-state index in [9.17, 15) is 0 Å². The Morgan fingerprint density at radius 2 is 1.76 bits per heavy atom. The van der Waals surface area contributed by atoms with Gasteiger partial charge in [-0.3, -0.25) is 4.90 Å². The molecule has 1 aliphatic rings. The average molecular weight is 292 g/mol. The molecular weight excluding hydrogens is 264 g/mol. The van der Waals surface area contributed by atoms with E-state index in [-0.39, 0.29) is 5.54 Å². The topological polar surface area (TPSA) is 47.7 Å². The highest BCUT2D eigenvalue weighted by atomic mass is 16.5. The average Bonchev–Trinajstić information content (AvgIpc) is 2.51. The van der Waals surface area contributed by atoms with E-state index in [1.807, 2.05) is 0 Å². The molecule has 0 radical (unpaired) electrons. The highest BCUT2D eigenvalue weighted by molar-refractivity contribution is 5.48. The summed E-state index contributed by atoms with van der Waals surface area (Å²) in [7, 11) is 3.37. The summed E-state index contributed by atoms with van der Waals surface area (Å²) in [5.41, 5.74) is 8.78. The number of methoxy groups -OCH3 is 2. The molecule has 2 N–H and O–H groups in total. The van der Waals surface area contributed by atoms with Crippen LogP contribution >= 0.6 is 0 Å². The van der Waals surface area contributed by atoms with Crippen molar-refractivity contribution in [2.45, 2.75) is 39.3 Å². The molecule has 0 bridgehead atoms. The maximum Gasteiger partial charge on any atom is 0.161 e. The normalized spacial score (nSPS) is 18.2. The Morgan fingerprint density at radius 1 is 1.19 bits per heavy atom. The van der Waals surface area contributed by atoms with Gasteiger partial charge in [0.2, 0.25) is 0 Å². The summed E-state index contributed by atoms with van der Waals surface area (Å²) >= 11 is 0. The fourth-order valence-corrected chi connectivity index (χ4v) is 3.05. The van der Waals surface area contributed by atoms with Gasteiger partial charge in [0.1, 0.15) is 0 Å². The second-order valence-corrected chi connectivity index (χ2v) is 6.36. The number of ether oxygens (including phenoxy) is 2. The quantitative estimate of drug-likeness (QED) is 0.905. The van der Waals surface area contributed by atoms with E-state index in [4.69, 9.17) is 15.2 Å². The second-order valence-electron chi connectivity index (χ2n) is 6.36. The zero-order chi connectivity index (χ0) is 15.6. The van der Waals surface area contributed by atoms with E-state index in [1.54, 1.807) is 14.2 Å². The van der Waals surface area contributed by atoms with Gasteiger partial charge in [-0.2, -0.15) is 0 Å². The van der Waals surface area contributed by atoms with E-state index < -0.39 is 0 Å². The van der Waals surface area contributed by atoms with E-state index in [2.05, 4.69) is 37.8 Å². The largest absolute Gasteiger partial charge is 0.493 e. The zero-order valence-electron chi connectivity index (χ0n) is 13.9. The van der Waals surface area contributed by atoms with Crippen LogP contribution in [0.5, 0.6) is 11.5 Å². The van der Waals surface area contributed by atoms with Gasteiger partial charge in [-0.1, -0.05) is 13.8 Å². The van der Waals surface area contributed by atoms with Crippen LogP contribution in [-0.4, -0.2) is 37.7 Å². The summed E-state index contributed by atoms with van der Waals surface area (Å²) < 4.78 is 10.8. The lowest BCUT2D eigenvalue weighted by Gasteiger charge is -2.46. The number of rotatable bonds is 5. The van der Waals surface area contributed by atoms with Crippen molar-refractivity contribution in [1.29, 1.82) is 0 Å². The summed E-state index contributed by atoms with van der Waals surface area (Å²) in [6, 6.07) is 4.22. The van der Waals surface area contributed by atoms with Crippen molar-refractivity contribution in [3.05, 3.63) is 23.3 Å². The first kappa shape index (κ1) is 16.1. The first-order chi connectivity index (χ1) is 9.96. The summed E-state index contributed by atoms with van der Waals surface area (Å²) in [5, 5.41) is 0. The molecule has 1 aliphatic heterocycles. The van der Waals surface area contributed by atoms with Gasteiger partial charge in [0.25, 0.3) is 0 Å². The molecule has 1 unspecified atom stereocenters. The van der Waals surface area contributed by atoms with Crippen LogP contribution in [0, 0.1) is 5.92 Å². The summed E-state index contributed by atoms with van der Waals surface area (Å²) in [6.07, 6.45) is 1.03. The molecule has 0 aromatic heterocycles. The van der Waals surface area contributed by atoms with Crippen molar-refractivity contribution in [3.8, 4) is 11.5 Å². The van der Waals surface area contributed by atoms with Crippen LogP contribution in [0.3, 0.4) is 0 Å². The highest BCUT2D eigenvalue weighted by Crippen LogP contribution is 2.36. The molecule has 0 spiro atoms. The van der Waals surface area contributed by atoms with Gasteiger partial charge < -0.3 is 15.2 Å². The van der Waals surface area contributed by atoms with Crippen LogP contribution in [0.15, 0.2) is 12.1 Å². The standard InChI is InChI=1S/C17H28N2O2/c1-12(2)17(3,11-18)19-7-6-13-8-15(20-4)16(21-5)9-14(13)10-19/h8-9,12H,6-7,10-11,18H2,1-5H3. The van der Waals surface area contributed by atoms with Crippen molar-refractivity contribution in [2.24, 2.45) is 11.7 Å². The van der Waals surface area contributed by atoms with Gasteiger partial charge in [-0.25, -0.2) is 0 Å². The molecule has 1 aromatic rings. The molecule has 118 valence electrons. The van der Waals surface area contributed by atoms with Crippen molar-refractivity contribution in [3.63, 3.8) is 0 Å². The molecule has 1 aromatic carbocycles. The number of nitrogens with two attached hydrogens (primary N) is 1. The first-order valence-electron chi connectivity index (χ1n) is 7.65. The Morgan fingerprint density at radius 3 is 2.24 bits per heavy atom. The minimum Gasteiger partial charge on any atom is -0.493 e. The van der Waals surface area contributed by atoms with Crippen molar-refractivity contribution in [1.82, 2.24) is 4.90 Å². The minimum atomic E-state index is 0.0326. The molecule has 4 nitrogen and oxygen atoms in total. The maximum atomic E-state index is 6.07. The van der Waals surface area contributed by atoms with E-state index in [0.717, 1.165) is 31.0 Å². The second kappa shape index (κ2) is 6.24. The molecule has 0 amide bonds. The molecule has 2 rings (SSSR count). The first-order valence-corrected chi connectivity index (χ1v) is 7.65. The predicted molar refractivity (Wildman–Crippen MR) is 86.0 cm³/mol. The van der Waals surface area contributed by atoms with Crippen LogP contribution in [-0.2, 0) is 13.0 Å². The summed E-state index contributed by atoms with van der Waals surface area (Å²) in [6.45, 7) is 9.39. The Hall–Kier alpha value is -1.26. The SMILES string of the molecule is COc1cc2c(cc1OC)CN(C(C)(CN)C(C)C)CC2. The molecule has 4 heteroatoms. The van der Waals surface area contributed by atoms with Gasteiger partial charge in [0, 0.05) is 25.2 Å². The lowest BCUT2D eigenvalue weighted by atomic mass is 9.84. The number of benzene rings is 1. The lowest BCUT2D eigenvalue weighted by molar-refractivity contribution is 0.0541. The number of hydrogen-bond donors (Lipinski definition) is 1. The summed E-state index contributed by atoms with van der Waals surface area (Å²) in [4.78, 5) is 2.51. The van der Waals surface area contributed by atoms with Crippen molar-refractivity contribution in [2.75, 3.05) is 27.3 Å². The molecule has 21 heavy (non-hydrogen) atoms. The molecule has 0 saturated heterocycles.